The van der Waals surface area contributed by atoms with Crippen LogP contribution in [0.4, 0.5) is 5.69 Å². The van der Waals surface area contributed by atoms with Crippen molar-refractivity contribution in [3.63, 3.8) is 0 Å². The van der Waals surface area contributed by atoms with E-state index in [4.69, 9.17) is 4.74 Å². The van der Waals surface area contributed by atoms with Gasteiger partial charge in [-0.2, -0.15) is 0 Å². The molecule has 3 nitrogen and oxygen atoms in total. The molecule has 0 saturated carbocycles. The van der Waals surface area contributed by atoms with Gasteiger partial charge in [0.15, 0.2) is 0 Å². The molecule has 1 N–H and O–H groups in total. The highest BCUT2D eigenvalue weighted by Crippen LogP contribution is 2.18. The Hall–Kier alpha value is -1.22. The Morgan fingerprint density at radius 2 is 1.94 bits per heavy atom. The van der Waals surface area contributed by atoms with Crippen LogP contribution in [0.1, 0.15) is 26.7 Å². The summed E-state index contributed by atoms with van der Waals surface area (Å²) in [4.78, 5) is 2.08. The molecule has 1 aromatic carbocycles. The topological polar surface area (TPSA) is 24.5 Å². The Bertz CT molecular complexity index is 335. The highest BCUT2D eigenvalue weighted by atomic mass is 16.5. The van der Waals surface area contributed by atoms with Crippen molar-refractivity contribution in [2.45, 2.75) is 32.7 Å². The highest BCUT2D eigenvalue weighted by molar-refractivity contribution is 5.49. The first-order valence-electron chi connectivity index (χ1n) is 6.81. The molecule has 0 heterocycles. The standard InChI is InChI=1S/C15H26N2O/c1-5-13(6-2)16-10-11-18-15-9-7-8-14(12-15)17(3)4/h7-9,12-13,16H,5-6,10-11H2,1-4H3. The number of anilines is 1. The average Bonchev–Trinajstić information content (AvgIpc) is 2.39. The summed E-state index contributed by atoms with van der Waals surface area (Å²) in [6.45, 7) is 6.04. The van der Waals surface area contributed by atoms with Crippen LogP contribution in [0.3, 0.4) is 0 Å². The molecule has 0 spiro atoms. The van der Waals surface area contributed by atoms with E-state index in [0.29, 0.717) is 12.6 Å². The average molecular weight is 250 g/mol. The van der Waals surface area contributed by atoms with Crippen LogP contribution in [0.15, 0.2) is 24.3 Å². The molecule has 3 heteroatoms. The summed E-state index contributed by atoms with van der Waals surface area (Å²) in [5.41, 5.74) is 1.17. The van der Waals surface area contributed by atoms with E-state index in [2.05, 4.69) is 36.2 Å². The first-order chi connectivity index (χ1) is 8.67. The van der Waals surface area contributed by atoms with Crippen molar-refractivity contribution in [2.75, 3.05) is 32.1 Å². The zero-order valence-electron chi connectivity index (χ0n) is 12.1. The van der Waals surface area contributed by atoms with Crippen LogP contribution >= 0.6 is 0 Å². The van der Waals surface area contributed by atoms with Crippen molar-refractivity contribution in [2.24, 2.45) is 0 Å². The maximum Gasteiger partial charge on any atom is 0.121 e. The van der Waals surface area contributed by atoms with Crippen molar-refractivity contribution >= 4 is 5.69 Å². The second-order valence-corrected chi connectivity index (χ2v) is 4.71. The van der Waals surface area contributed by atoms with Gasteiger partial charge in [0.25, 0.3) is 0 Å². The zero-order valence-corrected chi connectivity index (χ0v) is 12.1. The third-order valence-corrected chi connectivity index (χ3v) is 3.12. The van der Waals surface area contributed by atoms with Gasteiger partial charge in [0, 0.05) is 38.4 Å². The van der Waals surface area contributed by atoms with E-state index in [0.717, 1.165) is 12.3 Å². The summed E-state index contributed by atoms with van der Waals surface area (Å²) in [6, 6.07) is 8.79. The molecule has 0 bridgehead atoms. The summed E-state index contributed by atoms with van der Waals surface area (Å²) < 4.78 is 5.75. The van der Waals surface area contributed by atoms with Gasteiger partial charge in [-0.25, -0.2) is 0 Å². The van der Waals surface area contributed by atoms with Crippen LogP contribution in [-0.2, 0) is 0 Å². The van der Waals surface area contributed by atoms with Crippen molar-refractivity contribution in [1.82, 2.24) is 5.32 Å². The van der Waals surface area contributed by atoms with E-state index in [1.807, 2.05) is 26.2 Å². The van der Waals surface area contributed by atoms with E-state index < -0.39 is 0 Å². The van der Waals surface area contributed by atoms with E-state index >= 15 is 0 Å². The van der Waals surface area contributed by atoms with Gasteiger partial charge in [-0.1, -0.05) is 19.9 Å². The fourth-order valence-electron chi connectivity index (χ4n) is 1.86. The molecule has 0 unspecified atom stereocenters. The summed E-state index contributed by atoms with van der Waals surface area (Å²) >= 11 is 0. The van der Waals surface area contributed by atoms with Gasteiger partial charge in [-0.3, -0.25) is 0 Å². The Morgan fingerprint density at radius 1 is 1.22 bits per heavy atom. The number of hydrogen-bond donors (Lipinski definition) is 1. The van der Waals surface area contributed by atoms with Gasteiger partial charge >= 0.3 is 0 Å². The highest BCUT2D eigenvalue weighted by Gasteiger charge is 2.02. The van der Waals surface area contributed by atoms with Crippen LogP contribution in [-0.4, -0.2) is 33.3 Å². The lowest BCUT2D eigenvalue weighted by atomic mass is 10.2. The Balaban J connectivity index is 2.33. The van der Waals surface area contributed by atoms with E-state index in [1.54, 1.807) is 0 Å². The molecule has 102 valence electrons. The van der Waals surface area contributed by atoms with E-state index in [9.17, 15) is 0 Å². The van der Waals surface area contributed by atoms with Crippen LogP contribution in [0.25, 0.3) is 0 Å². The van der Waals surface area contributed by atoms with Gasteiger partial charge < -0.3 is 15.0 Å². The van der Waals surface area contributed by atoms with E-state index in [1.165, 1.54) is 18.5 Å². The summed E-state index contributed by atoms with van der Waals surface area (Å²) in [5, 5.41) is 3.49. The largest absolute Gasteiger partial charge is 0.492 e. The lowest BCUT2D eigenvalue weighted by molar-refractivity contribution is 0.302. The molecule has 18 heavy (non-hydrogen) atoms. The van der Waals surface area contributed by atoms with Crippen molar-refractivity contribution in [1.29, 1.82) is 0 Å². The molecular weight excluding hydrogens is 224 g/mol. The number of ether oxygens (including phenoxy) is 1. The lowest BCUT2D eigenvalue weighted by Crippen LogP contribution is -2.31. The van der Waals surface area contributed by atoms with Crippen molar-refractivity contribution in [3.05, 3.63) is 24.3 Å². The van der Waals surface area contributed by atoms with Gasteiger partial charge in [0.1, 0.15) is 12.4 Å². The van der Waals surface area contributed by atoms with Crippen LogP contribution in [0.2, 0.25) is 0 Å². The number of nitrogens with one attached hydrogen (secondary N) is 1. The fraction of sp³-hybridized carbons (Fsp3) is 0.600. The predicted molar refractivity (Wildman–Crippen MR) is 78.6 cm³/mol. The van der Waals surface area contributed by atoms with Crippen LogP contribution < -0.4 is 15.0 Å². The van der Waals surface area contributed by atoms with Gasteiger partial charge in [-0.05, 0) is 25.0 Å². The summed E-state index contributed by atoms with van der Waals surface area (Å²) in [7, 11) is 4.07. The molecule has 0 saturated heterocycles. The molecule has 0 aliphatic carbocycles. The number of hydrogen-bond acceptors (Lipinski definition) is 3. The predicted octanol–water partition coefficient (Wildman–Crippen LogP) is 2.91. The van der Waals surface area contributed by atoms with Crippen LogP contribution in [0.5, 0.6) is 5.75 Å². The smallest absolute Gasteiger partial charge is 0.121 e. The Morgan fingerprint density at radius 3 is 2.56 bits per heavy atom. The maximum atomic E-state index is 5.75. The third-order valence-electron chi connectivity index (χ3n) is 3.12. The number of rotatable bonds is 8. The quantitative estimate of drug-likeness (QED) is 0.718. The minimum Gasteiger partial charge on any atom is -0.492 e. The number of benzene rings is 1. The Labute approximate surface area is 111 Å². The molecule has 0 fully saturated rings. The first-order valence-corrected chi connectivity index (χ1v) is 6.81. The second-order valence-electron chi connectivity index (χ2n) is 4.71. The number of nitrogens with zero attached hydrogens (tertiary/aromatic N) is 1. The van der Waals surface area contributed by atoms with E-state index in [-0.39, 0.29) is 0 Å². The Kier molecular flexibility index (Phi) is 6.58. The molecule has 0 atom stereocenters. The van der Waals surface area contributed by atoms with Gasteiger partial charge in [0.2, 0.25) is 0 Å². The zero-order chi connectivity index (χ0) is 13.4. The monoisotopic (exact) mass is 250 g/mol. The molecule has 1 rings (SSSR count). The molecule has 1 aromatic rings. The summed E-state index contributed by atoms with van der Waals surface area (Å²) in [6.07, 6.45) is 2.35. The lowest BCUT2D eigenvalue weighted by Gasteiger charge is -2.16. The molecule has 0 aliphatic rings. The third kappa shape index (κ3) is 4.96. The minimum atomic E-state index is 0.613. The van der Waals surface area contributed by atoms with Crippen LogP contribution in [0, 0.1) is 0 Å². The normalized spacial score (nSPS) is 10.7. The fourth-order valence-corrected chi connectivity index (χ4v) is 1.86. The first kappa shape index (κ1) is 14.8. The molecule has 0 radical (unpaired) electrons. The second kappa shape index (κ2) is 7.98. The molecule has 0 aliphatic heterocycles. The minimum absolute atomic E-state index is 0.613. The maximum absolute atomic E-state index is 5.75. The van der Waals surface area contributed by atoms with Crippen molar-refractivity contribution < 1.29 is 4.74 Å². The van der Waals surface area contributed by atoms with Gasteiger partial charge in [0.05, 0.1) is 0 Å². The molecular formula is C15H26N2O. The van der Waals surface area contributed by atoms with Crippen molar-refractivity contribution in [3.8, 4) is 5.75 Å². The molecule has 0 aromatic heterocycles. The van der Waals surface area contributed by atoms with Gasteiger partial charge in [-0.15, -0.1) is 0 Å². The SMILES string of the molecule is CCC(CC)NCCOc1cccc(N(C)C)c1. The summed E-state index contributed by atoms with van der Waals surface area (Å²) in [5.74, 6) is 0.938. The molecule has 0 amide bonds.